The molecule has 0 saturated carbocycles. The van der Waals surface area contributed by atoms with Crippen LogP contribution in [0.3, 0.4) is 0 Å². The summed E-state index contributed by atoms with van der Waals surface area (Å²) in [4.78, 5) is -0.347. The van der Waals surface area contributed by atoms with E-state index in [4.69, 9.17) is 5.73 Å². The van der Waals surface area contributed by atoms with Gasteiger partial charge in [-0.05, 0) is 6.92 Å². The Kier molecular flexibility index (Phi) is 4.17. The van der Waals surface area contributed by atoms with Crippen LogP contribution >= 0.6 is 12.2 Å². The second-order valence-electron chi connectivity index (χ2n) is 3.44. The van der Waals surface area contributed by atoms with E-state index >= 15 is 0 Å². The molecule has 1 rings (SSSR count). The molecule has 0 aliphatic rings. The Bertz CT molecular complexity index is 590. The molecule has 1 aromatic rings. The number of hydrogen-bond acceptors (Lipinski definition) is 3. The normalized spacial score (nSPS) is 13.1. The van der Waals surface area contributed by atoms with E-state index in [0.717, 1.165) is 6.92 Å². The molecule has 0 aliphatic carbocycles. The van der Waals surface area contributed by atoms with Gasteiger partial charge in [0.05, 0.1) is 10.7 Å². The van der Waals surface area contributed by atoms with E-state index < -0.39 is 38.4 Å². The van der Waals surface area contributed by atoms with Crippen molar-refractivity contribution in [3.63, 3.8) is 0 Å². The highest BCUT2D eigenvalue weighted by Gasteiger charge is 2.25. The molecule has 0 spiro atoms. The molecular formula is C9H9F3N2O2S2. The predicted octanol–water partition coefficient (Wildman–Crippen LogP) is 1.52. The zero-order valence-corrected chi connectivity index (χ0v) is 10.7. The van der Waals surface area contributed by atoms with Crippen molar-refractivity contribution in [2.45, 2.75) is 12.2 Å². The maximum Gasteiger partial charge on any atom is 0.241 e. The predicted molar refractivity (Wildman–Crippen MR) is 65.1 cm³/mol. The van der Waals surface area contributed by atoms with Gasteiger partial charge < -0.3 is 5.73 Å². The van der Waals surface area contributed by atoms with Crippen LogP contribution in [0.15, 0.2) is 12.1 Å². The Balaban J connectivity index is 3.16. The van der Waals surface area contributed by atoms with Crippen LogP contribution in [0.1, 0.15) is 6.92 Å². The van der Waals surface area contributed by atoms with Crippen LogP contribution in [-0.4, -0.2) is 18.7 Å². The molecule has 4 nitrogen and oxygen atoms in total. The van der Waals surface area contributed by atoms with Gasteiger partial charge in [0, 0.05) is 12.1 Å². The van der Waals surface area contributed by atoms with Crippen molar-refractivity contribution in [2.24, 2.45) is 5.73 Å². The number of sulfonamides is 1. The second kappa shape index (κ2) is 5.11. The fourth-order valence-corrected chi connectivity index (χ4v) is 2.34. The summed E-state index contributed by atoms with van der Waals surface area (Å²) < 4.78 is 63.9. The Morgan fingerprint density at radius 1 is 1.39 bits per heavy atom. The van der Waals surface area contributed by atoms with E-state index in [1.165, 1.54) is 0 Å². The Hall–Kier alpha value is -1.35. The van der Waals surface area contributed by atoms with Crippen LogP contribution in [-0.2, 0) is 10.0 Å². The standard InChI is InChI=1S/C9H9F3N2O2S2/c1-4(9(13)17)18(15,16)14-7-3-5(10)2-6(11)8(7)12/h2-4,14H,1H3,(H2,13,17). The van der Waals surface area contributed by atoms with Crippen molar-refractivity contribution in [3.8, 4) is 0 Å². The van der Waals surface area contributed by atoms with Crippen molar-refractivity contribution in [3.05, 3.63) is 29.6 Å². The number of thiocarbonyl (C=S) groups is 1. The Morgan fingerprint density at radius 3 is 2.44 bits per heavy atom. The van der Waals surface area contributed by atoms with Gasteiger partial charge in [0.2, 0.25) is 10.0 Å². The lowest BCUT2D eigenvalue weighted by molar-refractivity contribution is 0.498. The Morgan fingerprint density at radius 2 is 1.94 bits per heavy atom. The fraction of sp³-hybridized carbons (Fsp3) is 0.222. The molecule has 18 heavy (non-hydrogen) atoms. The van der Waals surface area contributed by atoms with E-state index in [2.05, 4.69) is 12.2 Å². The first-order chi connectivity index (χ1) is 8.15. The summed E-state index contributed by atoms with van der Waals surface area (Å²) in [6.07, 6.45) is 0. The van der Waals surface area contributed by atoms with Crippen LogP contribution in [0.25, 0.3) is 0 Å². The molecular weight excluding hydrogens is 289 g/mol. The number of halogens is 3. The first kappa shape index (κ1) is 14.7. The highest BCUT2D eigenvalue weighted by Crippen LogP contribution is 2.21. The molecule has 1 unspecified atom stereocenters. The first-order valence-corrected chi connectivity index (χ1v) is 6.56. The van der Waals surface area contributed by atoms with Crippen molar-refractivity contribution >= 4 is 32.9 Å². The van der Waals surface area contributed by atoms with E-state index in [0.29, 0.717) is 12.1 Å². The monoisotopic (exact) mass is 298 g/mol. The highest BCUT2D eigenvalue weighted by molar-refractivity contribution is 7.95. The maximum absolute atomic E-state index is 13.2. The summed E-state index contributed by atoms with van der Waals surface area (Å²) in [5.41, 5.74) is 4.31. The van der Waals surface area contributed by atoms with Crippen LogP contribution in [0.2, 0.25) is 0 Å². The van der Waals surface area contributed by atoms with Gasteiger partial charge >= 0.3 is 0 Å². The van der Waals surface area contributed by atoms with Crippen LogP contribution in [0, 0.1) is 17.5 Å². The van der Waals surface area contributed by atoms with E-state index in [9.17, 15) is 21.6 Å². The number of benzene rings is 1. The van der Waals surface area contributed by atoms with Gasteiger partial charge in [0.25, 0.3) is 0 Å². The molecule has 0 saturated heterocycles. The molecule has 1 atom stereocenters. The quantitative estimate of drug-likeness (QED) is 0.653. The molecule has 9 heteroatoms. The topological polar surface area (TPSA) is 72.2 Å². The van der Waals surface area contributed by atoms with Crippen LogP contribution in [0.4, 0.5) is 18.9 Å². The summed E-state index contributed by atoms with van der Waals surface area (Å²) in [5, 5.41) is -1.31. The Labute approximate surface area is 107 Å². The summed E-state index contributed by atoms with van der Waals surface area (Å²) >= 11 is 4.48. The lowest BCUT2D eigenvalue weighted by atomic mass is 10.3. The molecule has 3 N–H and O–H groups in total. The minimum absolute atomic E-state index is 0.296. The highest BCUT2D eigenvalue weighted by atomic mass is 32.2. The molecule has 1 aromatic carbocycles. The number of nitrogens with two attached hydrogens (primary N) is 1. The van der Waals surface area contributed by atoms with Crippen LogP contribution in [0.5, 0.6) is 0 Å². The molecule has 100 valence electrons. The first-order valence-electron chi connectivity index (χ1n) is 4.60. The third-order valence-corrected chi connectivity index (χ3v) is 4.30. The third kappa shape index (κ3) is 3.10. The van der Waals surface area contributed by atoms with Gasteiger partial charge in [-0.25, -0.2) is 21.6 Å². The van der Waals surface area contributed by atoms with E-state index in [-0.39, 0.29) is 4.99 Å². The number of hydrogen-bond donors (Lipinski definition) is 2. The fourth-order valence-electron chi connectivity index (χ4n) is 1.02. The van der Waals surface area contributed by atoms with E-state index in [1.807, 2.05) is 0 Å². The zero-order chi connectivity index (χ0) is 14.1. The molecule has 0 radical (unpaired) electrons. The van der Waals surface area contributed by atoms with Gasteiger partial charge in [-0.1, -0.05) is 12.2 Å². The molecule has 0 bridgehead atoms. The SMILES string of the molecule is CC(C(N)=S)S(=O)(=O)Nc1cc(F)cc(F)c1F. The van der Waals surface area contributed by atoms with Crippen molar-refractivity contribution in [1.82, 2.24) is 0 Å². The molecule has 0 aromatic heterocycles. The lowest BCUT2D eigenvalue weighted by Crippen LogP contribution is -2.36. The van der Waals surface area contributed by atoms with E-state index in [1.54, 1.807) is 4.72 Å². The molecule has 0 aliphatic heterocycles. The van der Waals surface area contributed by atoms with Gasteiger partial charge in [0.1, 0.15) is 11.1 Å². The number of nitrogens with one attached hydrogen (secondary N) is 1. The van der Waals surface area contributed by atoms with Gasteiger partial charge in [-0.3, -0.25) is 4.72 Å². The largest absolute Gasteiger partial charge is 0.392 e. The average Bonchev–Trinajstić information content (AvgIpc) is 2.23. The summed E-state index contributed by atoms with van der Waals surface area (Å²) in [5.74, 6) is -4.12. The van der Waals surface area contributed by atoms with Crippen LogP contribution < -0.4 is 10.5 Å². The summed E-state index contributed by atoms with van der Waals surface area (Å²) in [7, 11) is -4.16. The van der Waals surface area contributed by atoms with Gasteiger partial charge in [-0.2, -0.15) is 0 Å². The smallest absolute Gasteiger partial charge is 0.241 e. The molecule has 0 fully saturated rings. The maximum atomic E-state index is 13.2. The van der Waals surface area contributed by atoms with Crippen molar-refractivity contribution < 1.29 is 21.6 Å². The van der Waals surface area contributed by atoms with Crippen molar-refractivity contribution in [2.75, 3.05) is 4.72 Å². The average molecular weight is 298 g/mol. The third-order valence-electron chi connectivity index (χ3n) is 2.11. The molecule has 0 heterocycles. The minimum Gasteiger partial charge on any atom is -0.392 e. The van der Waals surface area contributed by atoms with Gasteiger partial charge in [-0.15, -0.1) is 0 Å². The lowest BCUT2D eigenvalue weighted by Gasteiger charge is -2.14. The number of rotatable bonds is 4. The van der Waals surface area contributed by atoms with Crippen molar-refractivity contribution in [1.29, 1.82) is 0 Å². The zero-order valence-electron chi connectivity index (χ0n) is 9.08. The molecule has 0 amide bonds. The summed E-state index contributed by atoms with van der Waals surface area (Å²) in [6.45, 7) is 1.16. The summed E-state index contributed by atoms with van der Waals surface area (Å²) in [6, 6.07) is 0.812. The minimum atomic E-state index is -4.16. The van der Waals surface area contributed by atoms with Gasteiger partial charge in [0.15, 0.2) is 11.6 Å². The second-order valence-corrected chi connectivity index (χ2v) is 5.91. The number of anilines is 1.